The van der Waals surface area contributed by atoms with Gasteiger partial charge in [-0.2, -0.15) is 5.10 Å². The van der Waals surface area contributed by atoms with E-state index in [2.05, 4.69) is 37.8 Å². The van der Waals surface area contributed by atoms with Crippen molar-refractivity contribution >= 4 is 0 Å². The quantitative estimate of drug-likeness (QED) is 0.909. The van der Waals surface area contributed by atoms with E-state index in [0.29, 0.717) is 11.8 Å². The van der Waals surface area contributed by atoms with Gasteiger partial charge in [0.15, 0.2) is 0 Å². The van der Waals surface area contributed by atoms with Crippen LogP contribution in [0.25, 0.3) is 0 Å². The highest BCUT2D eigenvalue weighted by atomic mass is 15.3. The van der Waals surface area contributed by atoms with E-state index >= 15 is 0 Å². The van der Waals surface area contributed by atoms with Crippen LogP contribution in [-0.4, -0.2) is 20.3 Å². The van der Waals surface area contributed by atoms with Crippen LogP contribution in [0.1, 0.15) is 52.8 Å². The molecule has 2 rings (SSSR count). The number of rotatable bonds is 4. The minimum atomic E-state index is -0.103. The lowest BCUT2D eigenvalue weighted by Gasteiger charge is -2.41. The van der Waals surface area contributed by atoms with Crippen LogP contribution in [0.3, 0.4) is 0 Å². The van der Waals surface area contributed by atoms with Crippen molar-refractivity contribution in [3.63, 3.8) is 0 Å². The molecular formula is C15H28N4. The van der Waals surface area contributed by atoms with Crippen LogP contribution in [0.4, 0.5) is 0 Å². The van der Waals surface area contributed by atoms with Crippen molar-refractivity contribution in [3.8, 4) is 0 Å². The van der Waals surface area contributed by atoms with Crippen LogP contribution in [0.2, 0.25) is 0 Å². The predicted octanol–water partition coefficient (Wildman–Crippen LogP) is 2.63. The number of aromatic nitrogens is 3. The summed E-state index contributed by atoms with van der Waals surface area (Å²) in [5, 5.41) is 4.34. The second kappa shape index (κ2) is 5.61. The van der Waals surface area contributed by atoms with Crippen molar-refractivity contribution in [2.24, 2.45) is 23.5 Å². The van der Waals surface area contributed by atoms with Crippen LogP contribution in [0.5, 0.6) is 0 Å². The molecular weight excluding hydrogens is 236 g/mol. The topological polar surface area (TPSA) is 56.7 Å². The van der Waals surface area contributed by atoms with Crippen molar-refractivity contribution in [2.75, 3.05) is 0 Å². The molecule has 0 aliphatic heterocycles. The molecule has 1 aliphatic rings. The third-order valence-electron chi connectivity index (χ3n) is 4.56. The SMILES string of the molecule is CC(C)Cn1ncnc1CC1(N)CCC(C)CC1C. The summed E-state index contributed by atoms with van der Waals surface area (Å²) in [6.07, 6.45) is 6.09. The average molecular weight is 264 g/mol. The Labute approximate surface area is 116 Å². The highest BCUT2D eigenvalue weighted by Crippen LogP contribution is 2.36. The van der Waals surface area contributed by atoms with Gasteiger partial charge in [0.2, 0.25) is 0 Å². The van der Waals surface area contributed by atoms with E-state index in [1.165, 1.54) is 12.8 Å². The normalized spacial score (nSPS) is 31.9. The van der Waals surface area contributed by atoms with Gasteiger partial charge >= 0.3 is 0 Å². The van der Waals surface area contributed by atoms with Crippen molar-refractivity contribution in [1.29, 1.82) is 0 Å². The molecule has 0 amide bonds. The zero-order valence-electron chi connectivity index (χ0n) is 12.8. The summed E-state index contributed by atoms with van der Waals surface area (Å²) >= 11 is 0. The van der Waals surface area contributed by atoms with Crippen molar-refractivity contribution < 1.29 is 0 Å². The molecule has 19 heavy (non-hydrogen) atoms. The highest BCUT2D eigenvalue weighted by molar-refractivity contribution is 5.02. The van der Waals surface area contributed by atoms with Crippen molar-refractivity contribution in [2.45, 2.75) is 65.5 Å². The molecule has 0 spiro atoms. The van der Waals surface area contributed by atoms with Crippen LogP contribution in [0.15, 0.2) is 6.33 Å². The maximum absolute atomic E-state index is 6.67. The summed E-state index contributed by atoms with van der Waals surface area (Å²) in [5.41, 5.74) is 6.57. The Morgan fingerprint density at radius 1 is 1.47 bits per heavy atom. The molecule has 0 radical (unpaired) electrons. The Kier molecular flexibility index (Phi) is 4.29. The Balaban J connectivity index is 2.10. The minimum absolute atomic E-state index is 0.103. The standard InChI is InChI=1S/C15H28N4/c1-11(2)9-19-14(17-10-18-19)8-15(16)6-5-12(3)7-13(15)4/h10-13H,5-9,16H2,1-4H3. The highest BCUT2D eigenvalue weighted by Gasteiger charge is 2.37. The molecule has 3 atom stereocenters. The van der Waals surface area contributed by atoms with Gasteiger partial charge in [-0.15, -0.1) is 0 Å². The van der Waals surface area contributed by atoms with Gasteiger partial charge in [-0.1, -0.05) is 27.7 Å². The lowest BCUT2D eigenvalue weighted by Crippen LogP contribution is -2.51. The fourth-order valence-electron chi connectivity index (χ4n) is 3.20. The first-order chi connectivity index (χ1) is 8.90. The van der Waals surface area contributed by atoms with Gasteiger partial charge in [-0.3, -0.25) is 0 Å². The maximum Gasteiger partial charge on any atom is 0.138 e. The summed E-state index contributed by atoms with van der Waals surface area (Å²) in [5.74, 6) is 3.00. The summed E-state index contributed by atoms with van der Waals surface area (Å²) in [4.78, 5) is 4.43. The Morgan fingerprint density at radius 2 is 2.21 bits per heavy atom. The summed E-state index contributed by atoms with van der Waals surface area (Å²) in [6, 6.07) is 0. The Bertz CT molecular complexity index is 412. The average Bonchev–Trinajstić information content (AvgIpc) is 2.71. The molecule has 2 N–H and O–H groups in total. The van der Waals surface area contributed by atoms with Gasteiger partial charge in [0.25, 0.3) is 0 Å². The first-order valence-corrected chi connectivity index (χ1v) is 7.56. The fourth-order valence-corrected chi connectivity index (χ4v) is 3.20. The molecule has 1 aliphatic carbocycles. The van der Waals surface area contributed by atoms with Crippen molar-refractivity contribution in [3.05, 3.63) is 12.2 Å². The zero-order chi connectivity index (χ0) is 14.0. The molecule has 1 aromatic rings. The van der Waals surface area contributed by atoms with E-state index in [1.54, 1.807) is 6.33 Å². The third-order valence-corrected chi connectivity index (χ3v) is 4.56. The van der Waals surface area contributed by atoms with Crippen LogP contribution in [0, 0.1) is 17.8 Å². The van der Waals surface area contributed by atoms with E-state index in [9.17, 15) is 0 Å². The third kappa shape index (κ3) is 3.35. The number of nitrogens with two attached hydrogens (primary N) is 1. The molecule has 0 saturated heterocycles. The van der Waals surface area contributed by atoms with Gasteiger partial charge in [-0.05, 0) is 37.0 Å². The van der Waals surface area contributed by atoms with Gasteiger partial charge in [0.1, 0.15) is 12.2 Å². The Morgan fingerprint density at radius 3 is 2.84 bits per heavy atom. The van der Waals surface area contributed by atoms with E-state index in [4.69, 9.17) is 5.73 Å². The first-order valence-electron chi connectivity index (χ1n) is 7.56. The number of hydrogen-bond donors (Lipinski definition) is 1. The van der Waals surface area contributed by atoms with Crippen LogP contribution >= 0.6 is 0 Å². The smallest absolute Gasteiger partial charge is 0.138 e. The lowest BCUT2D eigenvalue weighted by molar-refractivity contribution is 0.159. The molecule has 108 valence electrons. The maximum atomic E-state index is 6.67. The van der Waals surface area contributed by atoms with Gasteiger partial charge in [0, 0.05) is 18.5 Å². The molecule has 1 aromatic heterocycles. The molecule has 0 bridgehead atoms. The summed E-state index contributed by atoms with van der Waals surface area (Å²) in [6.45, 7) is 9.95. The molecule has 0 aromatic carbocycles. The van der Waals surface area contributed by atoms with Gasteiger partial charge in [-0.25, -0.2) is 9.67 Å². The second-order valence-corrected chi connectivity index (χ2v) is 6.94. The molecule has 4 nitrogen and oxygen atoms in total. The summed E-state index contributed by atoms with van der Waals surface area (Å²) in [7, 11) is 0. The van der Waals surface area contributed by atoms with E-state index < -0.39 is 0 Å². The van der Waals surface area contributed by atoms with Crippen molar-refractivity contribution in [1.82, 2.24) is 14.8 Å². The van der Waals surface area contributed by atoms with Crippen LogP contribution in [-0.2, 0) is 13.0 Å². The van der Waals surface area contributed by atoms with E-state index in [0.717, 1.165) is 31.1 Å². The van der Waals surface area contributed by atoms with Gasteiger partial charge < -0.3 is 5.73 Å². The predicted molar refractivity (Wildman–Crippen MR) is 77.7 cm³/mol. The largest absolute Gasteiger partial charge is 0.324 e. The monoisotopic (exact) mass is 264 g/mol. The summed E-state index contributed by atoms with van der Waals surface area (Å²) < 4.78 is 2.03. The molecule has 1 fully saturated rings. The minimum Gasteiger partial charge on any atom is -0.324 e. The number of hydrogen-bond acceptors (Lipinski definition) is 3. The molecule has 1 heterocycles. The molecule has 4 heteroatoms. The molecule has 3 unspecified atom stereocenters. The van der Waals surface area contributed by atoms with E-state index in [-0.39, 0.29) is 5.54 Å². The second-order valence-electron chi connectivity index (χ2n) is 6.94. The molecule has 1 saturated carbocycles. The van der Waals surface area contributed by atoms with E-state index in [1.807, 2.05) is 4.68 Å². The van der Waals surface area contributed by atoms with Gasteiger partial charge in [0.05, 0.1) is 0 Å². The number of nitrogens with zero attached hydrogens (tertiary/aromatic N) is 3. The Hall–Kier alpha value is -0.900. The van der Waals surface area contributed by atoms with Crippen LogP contribution < -0.4 is 5.73 Å². The lowest BCUT2D eigenvalue weighted by atomic mass is 9.69. The zero-order valence-corrected chi connectivity index (χ0v) is 12.8. The first kappa shape index (κ1) is 14.5. The fraction of sp³-hybridized carbons (Fsp3) is 0.867.